The minimum absolute atomic E-state index is 0.103. The smallest absolute Gasteiger partial charge is 0.255 e. The molecule has 3 aromatic carbocycles. The third-order valence-electron chi connectivity index (χ3n) is 6.14. The lowest BCUT2D eigenvalue weighted by Gasteiger charge is -2.36. The Morgan fingerprint density at radius 1 is 0.973 bits per heavy atom. The molecule has 186 valence electrons. The Labute approximate surface area is 225 Å². The first-order valence-corrected chi connectivity index (χ1v) is 13.1. The fourth-order valence-electron chi connectivity index (χ4n) is 4.36. The van der Waals surface area contributed by atoms with E-state index >= 15 is 0 Å². The van der Waals surface area contributed by atoms with Crippen molar-refractivity contribution in [2.75, 3.05) is 5.32 Å². The normalized spacial score (nSPS) is 16.6. The van der Waals surface area contributed by atoms with Gasteiger partial charge in [-0.3, -0.25) is 9.59 Å². The van der Waals surface area contributed by atoms with Crippen LogP contribution in [0.3, 0.4) is 0 Å². The molecule has 2 aliphatic rings. The van der Waals surface area contributed by atoms with E-state index in [4.69, 9.17) is 16.6 Å². The first-order chi connectivity index (χ1) is 18.0. The Morgan fingerprint density at radius 2 is 1.65 bits per heavy atom. The van der Waals surface area contributed by atoms with Crippen molar-refractivity contribution in [3.05, 3.63) is 123 Å². The molecule has 5 rings (SSSR count). The van der Waals surface area contributed by atoms with Gasteiger partial charge in [0, 0.05) is 23.0 Å². The fraction of sp³-hybridized carbons (Fsp3) is 0.138. The number of hydrogen-bond donors (Lipinski definition) is 2. The Morgan fingerprint density at radius 3 is 2.35 bits per heavy atom. The van der Waals surface area contributed by atoms with Crippen molar-refractivity contribution in [1.29, 1.82) is 0 Å². The highest BCUT2D eigenvalue weighted by atomic mass is 35.5. The molecule has 0 spiro atoms. The van der Waals surface area contributed by atoms with E-state index < -0.39 is 6.04 Å². The summed E-state index contributed by atoms with van der Waals surface area (Å²) in [7, 11) is 0. The molecule has 2 heterocycles. The molecule has 2 N–H and O–H groups in total. The predicted octanol–water partition coefficient (Wildman–Crippen LogP) is 6.26. The maximum Gasteiger partial charge on any atom is 0.255 e. The highest BCUT2D eigenvalue weighted by Gasteiger charge is 2.40. The molecular weight excluding hydrogens is 504 g/mol. The predicted molar refractivity (Wildman–Crippen MR) is 150 cm³/mol. The van der Waals surface area contributed by atoms with Crippen LogP contribution in [0.4, 0.5) is 5.69 Å². The Kier molecular flexibility index (Phi) is 7.44. The summed E-state index contributed by atoms with van der Waals surface area (Å²) in [5.74, 6) is -0.343. The van der Waals surface area contributed by atoms with Crippen molar-refractivity contribution in [1.82, 2.24) is 10.2 Å². The minimum Gasteiger partial charge on any atom is -0.352 e. The number of fused-ring (bicyclic) bond motifs is 1. The number of allylic oxidation sites excluding steroid dienone is 1. The second-order valence-electron chi connectivity index (χ2n) is 8.70. The van der Waals surface area contributed by atoms with Gasteiger partial charge in [0.05, 0.1) is 23.7 Å². The Balaban J connectivity index is 1.43. The number of thioether (sulfide) groups is 1. The van der Waals surface area contributed by atoms with E-state index in [2.05, 4.69) is 10.6 Å². The SMILES string of the molecule is CC1=C(C(=O)Nc2ccccc2)C(c2ccc(Cl)cc2)N2C(CC(=O)NCc3ccccc3)=CSC2=N1. The summed E-state index contributed by atoms with van der Waals surface area (Å²) >= 11 is 7.64. The first-order valence-electron chi connectivity index (χ1n) is 11.9. The molecule has 0 bridgehead atoms. The summed E-state index contributed by atoms with van der Waals surface area (Å²) < 4.78 is 0. The van der Waals surface area contributed by atoms with Crippen LogP contribution in [0.5, 0.6) is 0 Å². The van der Waals surface area contributed by atoms with Crippen LogP contribution in [0.25, 0.3) is 0 Å². The van der Waals surface area contributed by atoms with Crippen LogP contribution >= 0.6 is 23.4 Å². The summed E-state index contributed by atoms with van der Waals surface area (Å²) in [4.78, 5) is 33.3. The van der Waals surface area contributed by atoms with Crippen LogP contribution in [-0.2, 0) is 16.1 Å². The van der Waals surface area contributed by atoms with Crippen molar-refractivity contribution in [2.24, 2.45) is 4.99 Å². The highest BCUT2D eigenvalue weighted by molar-refractivity contribution is 8.16. The van der Waals surface area contributed by atoms with Crippen molar-refractivity contribution in [3.8, 4) is 0 Å². The number of carbonyl (C=O) groups excluding carboxylic acids is 2. The molecule has 2 aliphatic heterocycles. The molecular formula is C29H25ClN4O2S. The summed E-state index contributed by atoms with van der Waals surface area (Å²) in [6.45, 7) is 2.30. The van der Waals surface area contributed by atoms with E-state index in [1.165, 1.54) is 11.8 Å². The zero-order chi connectivity index (χ0) is 25.8. The van der Waals surface area contributed by atoms with Gasteiger partial charge in [-0.05, 0) is 47.7 Å². The molecule has 2 amide bonds. The van der Waals surface area contributed by atoms with Gasteiger partial charge in [-0.25, -0.2) is 4.99 Å². The number of amidine groups is 1. The number of benzene rings is 3. The summed E-state index contributed by atoms with van der Waals surface area (Å²) in [6, 6.07) is 26.1. The van der Waals surface area contributed by atoms with Crippen molar-refractivity contribution in [3.63, 3.8) is 0 Å². The van der Waals surface area contributed by atoms with Gasteiger partial charge in [-0.2, -0.15) is 0 Å². The number of anilines is 1. The standard InChI is InChI=1S/C29H25ClN4O2S/c1-19-26(28(36)33-23-10-6-3-7-11-23)27(21-12-14-22(30)15-13-21)34-24(18-37-29(34)32-19)16-25(35)31-17-20-8-4-2-5-9-20/h2-15,18,27H,16-17H2,1H3,(H,31,35)(H,33,36). The summed E-state index contributed by atoms with van der Waals surface area (Å²) in [6.07, 6.45) is 0.162. The monoisotopic (exact) mass is 528 g/mol. The fourth-order valence-corrected chi connectivity index (χ4v) is 5.45. The number of hydrogen-bond acceptors (Lipinski definition) is 5. The quantitative estimate of drug-likeness (QED) is 0.379. The maximum atomic E-state index is 13.6. The number of nitrogens with one attached hydrogen (secondary N) is 2. The van der Waals surface area contributed by atoms with E-state index in [0.29, 0.717) is 28.5 Å². The molecule has 0 saturated heterocycles. The zero-order valence-electron chi connectivity index (χ0n) is 20.1. The molecule has 6 nitrogen and oxygen atoms in total. The number of halogens is 1. The van der Waals surface area contributed by atoms with E-state index in [-0.39, 0.29) is 18.2 Å². The molecule has 3 aromatic rings. The lowest BCUT2D eigenvalue weighted by molar-refractivity contribution is -0.120. The third kappa shape index (κ3) is 5.63. The van der Waals surface area contributed by atoms with E-state index in [1.807, 2.05) is 102 Å². The average molecular weight is 529 g/mol. The van der Waals surface area contributed by atoms with Crippen molar-refractivity contribution >= 4 is 46.0 Å². The number of nitrogens with zero attached hydrogens (tertiary/aromatic N) is 2. The number of para-hydroxylation sites is 1. The van der Waals surface area contributed by atoms with Gasteiger partial charge in [0.15, 0.2) is 5.17 Å². The minimum atomic E-state index is -0.461. The van der Waals surface area contributed by atoms with Crippen LogP contribution < -0.4 is 10.6 Å². The van der Waals surface area contributed by atoms with Crippen LogP contribution in [0, 0.1) is 0 Å². The van der Waals surface area contributed by atoms with Gasteiger partial charge in [0.1, 0.15) is 0 Å². The molecule has 37 heavy (non-hydrogen) atoms. The van der Waals surface area contributed by atoms with Gasteiger partial charge in [-0.1, -0.05) is 84.0 Å². The molecule has 8 heteroatoms. The number of amides is 2. The molecule has 0 aromatic heterocycles. The first kappa shape index (κ1) is 24.9. The summed E-state index contributed by atoms with van der Waals surface area (Å²) in [5.41, 5.74) is 4.55. The van der Waals surface area contributed by atoms with Crippen LogP contribution in [0.1, 0.15) is 30.5 Å². The molecule has 0 saturated carbocycles. The second kappa shape index (κ2) is 11.1. The van der Waals surface area contributed by atoms with Gasteiger partial charge in [0.2, 0.25) is 5.91 Å². The Bertz CT molecular complexity index is 1400. The maximum absolute atomic E-state index is 13.6. The second-order valence-corrected chi connectivity index (χ2v) is 9.98. The number of rotatable bonds is 7. The topological polar surface area (TPSA) is 73.8 Å². The van der Waals surface area contributed by atoms with Gasteiger partial charge < -0.3 is 15.5 Å². The van der Waals surface area contributed by atoms with Crippen molar-refractivity contribution < 1.29 is 9.59 Å². The van der Waals surface area contributed by atoms with Gasteiger partial charge in [-0.15, -0.1) is 0 Å². The Hall–Kier alpha value is -3.81. The molecule has 0 radical (unpaired) electrons. The van der Waals surface area contributed by atoms with Crippen LogP contribution in [0.2, 0.25) is 5.02 Å². The molecule has 1 atom stereocenters. The summed E-state index contributed by atoms with van der Waals surface area (Å²) in [5, 5.41) is 9.28. The van der Waals surface area contributed by atoms with Crippen LogP contribution in [0.15, 0.2) is 112 Å². The van der Waals surface area contributed by atoms with Gasteiger partial charge in [0.25, 0.3) is 5.91 Å². The lowest BCUT2D eigenvalue weighted by Crippen LogP contribution is -2.38. The molecule has 0 fully saturated rings. The number of aliphatic imine (C=N–C) groups is 1. The van der Waals surface area contributed by atoms with Gasteiger partial charge >= 0.3 is 0 Å². The van der Waals surface area contributed by atoms with E-state index in [0.717, 1.165) is 22.0 Å². The third-order valence-corrected chi connectivity index (χ3v) is 7.28. The largest absolute Gasteiger partial charge is 0.352 e. The molecule has 1 unspecified atom stereocenters. The molecule has 0 aliphatic carbocycles. The zero-order valence-corrected chi connectivity index (χ0v) is 21.7. The van der Waals surface area contributed by atoms with Crippen LogP contribution in [-0.4, -0.2) is 21.9 Å². The van der Waals surface area contributed by atoms with E-state index in [1.54, 1.807) is 0 Å². The average Bonchev–Trinajstić information content (AvgIpc) is 3.30. The highest BCUT2D eigenvalue weighted by Crippen LogP contribution is 2.45. The lowest BCUT2D eigenvalue weighted by atomic mass is 9.93. The van der Waals surface area contributed by atoms with E-state index in [9.17, 15) is 9.59 Å². The van der Waals surface area contributed by atoms with Crippen molar-refractivity contribution in [2.45, 2.75) is 25.9 Å². The number of carbonyl (C=O) groups is 2.